The minimum atomic E-state index is -0.923. The molecule has 0 saturated carbocycles. The number of nitrogens with zero attached hydrogens (tertiary/aromatic N) is 4. The number of carbonyl (C=O) groups is 1. The molecule has 0 fully saturated rings. The maximum absolute atomic E-state index is 13.2. The van der Waals surface area contributed by atoms with Gasteiger partial charge in [-0.2, -0.15) is 0 Å². The van der Waals surface area contributed by atoms with Gasteiger partial charge < -0.3 is 10.0 Å². The number of benzene rings is 1. The summed E-state index contributed by atoms with van der Waals surface area (Å²) in [6.45, 7) is 0.761. The second-order valence-corrected chi connectivity index (χ2v) is 6.69. The summed E-state index contributed by atoms with van der Waals surface area (Å²) in [7, 11) is 0. The van der Waals surface area contributed by atoms with Crippen molar-refractivity contribution in [3.8, 4) is 11.3 Å². The highest BCUT2D eigenvalue weighted by Gasteiger charge is 2.21. The zero-order valence-corrected chi connectivity index (χ0v) is 15.1. The van der Waals surface area contributed by atoms with E-state index in [0.717, 1.165) is 21.4 Å². The van der Waals surface area contributed by atoms with E-state index in [1.807, 2.05) is 10.5 Å². The van der Waals surface area contributed by atoms with E-state index < -0.39 is 6.09 Å². The van der Waals surface area contributed by atoms with Gasteiger partial charge in [-0.25, -0.2) is 14.2 Å². The van der Waals surface area contributed by atoms with Crippen molar-refractivity contribution in [2.75, 3.05) is 13.1 Å². The minimum absolute atomic E-state index is 0.300. The van der Waals surface area contributed by atoms with Gasteiger partial charge in [-0.3, -0.25) is 9.38 Å². The predicted octanol–water partition coefficient (Wildman–Crippen LogP) is 4.07. The van der Waals surface area contributed by atoms with Gasteiger partial charge in [-0.05, 0) is 52.2 Å². The number of rotatable bonds is 2. The van der Waals surface area contributed by atoms with Gasteiger partial charge in [0, 0.05) is 31.0 Å². The lowest BCUT2D eigenvalue weighted by molar-refractivity contribution is 0.150. The SMILES string of the molecule is O=C(O)N1CC=C(c2nccn3c(Br)c(-c4ccc(F)cc4)nc23)CC1. The predicted molar refractivity (Wildman–Crippen MR) is 98.3 cm³/mol. The van der Waals surface area contributed by atoms with Crippen molar-refractivity contribution >= 4 is 33.2 Å². The van der Waals surface area contributed by atoms with Crippen molar-refractivity contribution in [2.24, 2.45) is 0 Å². The Morgan fingerprint density at radius 2 is 2.00 bits per heavy atom. The van der Waals surface area contributed by atoms with Gasteiger partial charge in [0.05, 0.1) is 0 Å². The molecule has 26 heavy (non-hydrogen) atoms. The Morgan fingerprint density at radius 1 is 1.23 bits per heavy atom. The van der Waals surface area contributed by atoms with Gasteiger partial charge in [0.2, 0.25) is 0 Å². The monoisotopic (exact) mass is 416 g/mol. The van der Waals surface area contributed by atoms with E-state index in [0.29, 0.717) is 30.9 Å². The Hall–Kier alpha value is -2.74. The van der Waals surface area contributed by atoms with E-state index in [9.17, 15) is 9.18 Å². The van der Waals surface area contributed by atoms with Crippen molar-refractivity contribution in [1.29, 1.82) is 0 Å². The lowest BCUT2D eigenvalue weighted by atomic mass is 10.1. The lowest BCUT2D eigenvalue weighted by Crippen LogP contribution is -2.33. The summed E-state index contributed by atoms with van der Waals surface area (Å²) in [5.74, 6) is -0.300. The van der Waals surface area contributed by atoms with Crippen LogP contribution in [0.2, 0.25) is 0 Å². The number of carboxylic acid groups (broad SMARTS) is 1. The summed E-state index contributed by atoms with van der Waals surface area (Å²) in [4.78, 5) is 21.6. The number of amides is 1. The molecule has 1 aliphatic rings. The van der Waals surface area contributed by atoms with E-state index in [1.54, 1.807) is 24.5 Å². The molecule has 0 unspecified atom stereocenters. The number of fused-ring (bicyclic) bond motifs is 1. The van der Waals surface area contributed by atoms with Gasteiger partial charge in [-0.15, -0.1) is 0 Å². The zero-order valence-electron chi connectivity index (χ0n) is 13.6. The Morgan fingerprint density at radius 3 is 2.65 bits per heavy atom. The highest BCUT2D eigenvalue weighted by Crippen LogP contribution is 2.32. The van der Waals surface area contributed by atoms with Crippen molar-refractivity contribution in [2.45, 2.75) is 6.42 Å². The first-order valence-electron chi connectivity index (χ1n) is 8.00. The molecule has 3 heterocycles. The van der Waals surface area contributed by atoms with Crippen LogP contribution in [0.5, 0.6) is 0 Å². The molecular formula is C18H14BrFN4O2. The first kappa shape index (κ1) is 16.7. The molecule has 0 atom stereocenters. The molecule has 0 spiro atoms. The molecule has 0 aliphatic carbocycles. The molecule has 6 nitrogen and oxygen atoms in total. The highest BCUT2D eigenvalue weighted by atomic mass is 79.9. The van der Waals surface area contributed by atoms with E-state index in [2.05, 4.69) is 20.9 Å². The van der Waals surface area contributed by atoms with Crippen LogP contribution in [0.4, 0.5) is 9.18 Å². The number of aromatic nitrogens is 3. The highest BCUT2D eigenvalue weighted by molar-refractivity contribution is 9.10. The van der Waals surface area contributed by atoms with Crippen molar-refractivity contribution < 1.29 is 14.3 Å². The molecule has 8 heteroatoms. The molecule has 0 radical (unpaired) electrons. The van der Waals surface area contributed by atoms with E-state index in [-0.39, 0.29) is 5.82 Å². The first-order valence-corrected chi connectivity index (χ1v) is 8.79. The summed E-state index contributed by atoms with van der Waals surface area (Å²) in [6, 6.07) is 6.16. The minimum Gasteiger partial charge on any atom is -0.465 e. The molecular weight excluding hydrogens is 403 g/mol. The maximum Gasteiger partial charge on any atom is 0.407 e. The molecule has 1 aliphatic heterocycles. The van der Waals surface area contributed by atoms with Gasteiger partial charge in [-0.1, -0.05) is 6.08 Å². The van der Waals surface area contributed by atoms with Gasteiger partial charge >= 0.3 is 6.09 Å². The van der Waals surface area contributed by atoms with E-state index in [1.165, 1.54) is 17.0 Å². The van der Waals surface area contributed by atoms with Crippen molar-refractivity contribution in [3.05, 3.63) is 58.8 Å². The van der Waals surface area contributed by atoms with Gasteiger partial charge in [0.15, 0.2) is 5.65 Å². The third kappa shape index (κ3) is 2.86. The zero-order chi connectivity index (χ0) is 18.3. The lowest BCUT2D eigenvalue weighted by Gasteiger charge is -2.23. The Balaban J connectivity index is 1.79. The average Bonchev–Trinajstić information content (AvgIpc) is 2.99. The van der Waals surface area contributed by atoms with Crippen LogP contribution in [0.3, 0.4) is 0 Å². The van der Waals surface area contributed by atoms with Gasteiger partial charge in [0.1, 0.15) is 21.8 Å². The van der Waals surface area contributed by atoms with Crippen LogP contribution in [0, 0.1) is 5.82 Å². The van der Waals surface area contributed by atoms with Crippen molar-refractivity contribution in [1.82, 2.24) is 19.3 Å². The number of hydrogen-bond acceptors (Lipinski definition) is 3. The molecule has 0 bridgehead atoms. The third-order valence-electron chi connectivity index (χ3n) is 4.39. The third-order valence-corrected chi connectivity index (χ3v) is 5.14. The van der Waals surface area contributed by atoms with Crippen molar-refractivity contribution in [3.63, 3.8) is 0 Å². The second-order valence-electron chi connectivity index (χ2n) is 5.94. The molecule has 2 aromatic heterocycles. The molecule has 1 aromatic carbocycles. The largest absolute Gasteiger partial charge is 0.465 e. The van der Waals surface area contributed by atoms with Crippen LogP contribution in [0.25, 0.3) is 22.5 Å². The molecule has 1 N–H and O–H groups in total. The fourth-order valence-electron chi connectivity index (χ4n) is 3.02. The van der Waals surface area contributed by atoms with Crippen LogP contribution in [-0.2, 0) is 0 Å². The van der Waals surface area contributed by atoms with Crippen LogP contribution in [0.15, 0.2) is 47.3 Å². The number of halogens is 2. The molecule has 1 amide bonds. The Kier molecular flexibility index (Phi) is 4.20. The normalized spacial score (nSPS) is 14.5. The Bertz CT molecular complexity index is 1030. The fraction of sp³-hybridized carbons (Fsp3) is 0.167. The van der Waals surface area contributed by atoms with Crippen LogP contribution >= 0.6 is 15.9 Å². The smallest absolute Gasteiger partial charge is 0.407 e. The topological polar surface area (TPSA) is 70.7 Å². The first-order chi connectivity index (χ1) is 12.5. The molecule has 132 valence electrons. The number of hydrogen-bond donors (Lipinski definition) is 1. The standard InChI is InChI=1S/C18H14BrFN4O2/c19-16-14(11-1-3-13(20)4-2-11)22-17-15(21-7-10-24(16)17)12-5-8-23(9-6-12)18(25)26/h1-5,7,10H,6,8-9H2,(H,25,26). The van der Waals surface area contributed by atoms with Crippen LogP contribution in [-0.4, -0.2) is 43.6 Å². The summed E-state index contributed by atoms with van der Waals surface area (Å²) in [5.41, 5.74) is 3.86. The fourth-order valence-corrected chi connectivity index (χ4v) is 3.63. The second kappa shape index (κ2) is 6.53. The maximum atomic E-state index is 13.2. The van der Waals surface area contributed by atoms with Crippen LogP contribution in [0.1, 0.15) is 12.1 Å². The molecule has 3 aromatic rings. The summed E-state index contributed by atoms with van der Waals surface area (Å²) in [5, 5.41) is 9.08. The Labute approximate surface area is 156 Å². The summed E-state index contributed by atoms with van der Waals surface area (Å²) >= 11 is 3.57. The average molecular weight is 417 g/mol. The summed E-state index contributed by atoms with van der Waals surface area (Å²) < 4.78 is 15.8. The van der Waals surface area contributed by atoms with E-state index >= 15 is 0 Å². The quantitative estimate of drug-likeness (QED) is 0.683. The summed E-state index contributed by atoms with van der Waals surface area (Å²) in [6.07, 6.45) is 5.02. The molecule has 0 saturated heterocycles. The van der Waals surface area contributed by atoms with Gasteiger partial charge in [0.25, 0.3) is 0 Å². The molecule has 4 rings (SSSR count). The number of imidazole rings is 1. The van der Waals surface area contributed by atoms with Crippen LogP contribution < -0.4 is 0 Å². The van der Waals surface area contributed by atoms with E-state index in [4.69, 9.17) is 10.1 Å².